The SMILES string of the molecule is O=C(NCc1ccc(F)cc1)c1cncc(C(=O)NCc2ccc(F)cc2)c1. The van der Waals surface area contributed by atoms with Gasteiger partial charge in [0.05, 0.1) is 11.1 Å². The van der Waals surface area contributed by atoms with Crippen LogP contribution in [0.5, 0.6) is 0 Å². The predicted molar refractivity (Wildman–Crippen MR) is 99.4 cm³/mol. The molecular weight excluding hydrogens is 364 g/mol. The third kappa shape index (κ3) is 5.20. The first-order valence-corrected chi connectivity index (χ1v) is 8.51. The third-order valence-electron chi connectivity index (χ3n) is 4.00. The summed E-state index contributed by atoms with van der Waals surface area (Å²) in [7, 11) is 0. The summed E-state index contributed by atoms with van der Waals surface area (Å²) in [5.41, 5.74) is 1.96. The summed E-state index contributed by atoms with van der Waals surface area (Å²) in [4.78, 5) is 28.5. The molecule has 0 spiro atoms. The van der Waals surface area contributed by atoms with Crippen molar-refractivity contribution >= 4 is 11.8 Å². The first kappa shape index (κ1) is 19.2. The Morgan fingerprint density at radius 3 is 1.50 bits per heavy atom. The molecule has 3 rings (SSSR count). The average molecular weight is 381 g/mol. The van der Waals surface area contributed by atoms with Crippen LogP contribution in [0.3, 0.4) is 0 Å². The van der Waals surface area contributed by atoms with Gasteiger partial charge < -0.3 is 10.6 Å². The van der Waals surface area contributed by atoms with Crippen LogP contribution in [-0.2, 0) is 13.1 Å². The van der Waals surface area contributed by atoms with Crippen LogP contribution in [0, 0.1) is 11.6 Å². The van der Waals surface area contributed by atoms with E-state index >= 15 is 0 Å². The molecule has 0 atom stereocenters. The first-order chi connectivity index (χ1) is 13.5. The average Bonchev–Trinajstić information content (AvgIpc) is 2.72. The van der Waals surface area contributed by atoms with E-state index in [-0.39, 0.29) is 35.9 Å². The number of amides is 2. The normalized spacial score (nSPS) is 10.4. The number of benzene rings is 2. The molecule has 2 N–H and O–H groups in total. The second kappa shape index (κ2) is 8.85. The van der Waals surface area contributed by atoms with Crippen molar-refractivity contribution in [3.63, 3.8) is 0 Å². The van der Waals surface area contributed by atoms with Crippen molar-refractivity contribution in [3.05, 3.63) is 101 Å². The smallest absolute Gasteiger partial charge is 0.253 e. The van der Waals surface area contributed by atoms with Crippen molar-refractivity contribution < 1.29 is 18.4 Å². The maximum absolute atomic E-state index is 12.9. The number of carbonyl (C=O) groups is 2. The Bertz CT molecular complexity index is 897. The lowest BCUT2D eigenvalue weighted by Crippen LogP contribution is -2.25. The van der Waals surface area contributed by atoms with Gasteiger partial charge in [0.25, 0.3) is 11.8 Å². The number of nitrogens with zero attached hydrogens (tertiary/aromatic N) is 1. The number of hydrogen-bond donors (Lipinski definition) is 2. The van der Waals surface area contributed by atoms with Crippen molar-refractivity contribution in [1.82, 2.24) is 15.6 Å². The summed E-state index contributed by atoms with van der Waals surface area (Å²) in [5.74, 6) is -1.49. The molecule has 0 saturated carbocycles. The summed E-state index contributed by atoms with van der Waals surface area (Å²) in [6.07, 6.45) is 2.72. The van der Waals surface area contributed by atoms with Crippen LogP contribution in [-0.4, -0.2) is 16.8 Å². The summed E-state index contributed by atoms with van der Waals surface area (Å²) < 4.78 is 25.8. The number of halogens is 2. The molecule has 1 aromatic heterocycles. The van der Waals surface area contributed by atoms with Gasteiger partial charge in [0.15, 0.2) is 0 Å². The van der Waals surface area contributed by atoms with Crippen molar-refractivity contribution in [3.8, 4) is 0 Å². The number of nitrogens with one attached hydrogen (secondary N) is 2. The maximum atomic E-state index is 12.9. The number of pyridine rings is 1. The van der Waals surface area contributed by atoms with Gasteiger partial charge in [-0.25, -0.2) is 8.78 Å². The van der Waals surface area contributed by atoms with E-state index in [4.69, 9.17) is 0 Å². The van der Waals surface area contributed by atoms with E-state index < -0.39 is 11.8 Å². The molecule has 0 aliphatic heterocycles. The number of hydrogen-bond acceptors (Lipinski definition) is 3. The van der Waals surface area contributed by atoms with E-state index in [1.807, 2.05) is 0 Å². The Hall–Kier alpha value is -3.61. The van der Waals surface area contributed by atoms with Gasteiger partial charge in [-0.1, -0.05) is 24.3 Å². The van der Waals surface area contributed by atoms with Crippen LogP contribution in [0.2, 0.25) is 0 Å². The molecule has 2 aromatic carbocycles. The van der Waals surface area contributed by atoms with E-state index in [0.29, 0.717) is 0 Å². The second-order valence-electron chi connectivity index (χ2n) is 6.08. The fraction of sp³-hybridized carbons (Fsp3) is 0.0952. The number of aromatic nitrogens is 1. The van der Waals surface area contributed by atoms with Crippen LogP contribution in [0.15, 0.2) is 67.0 Å². The summed E-state index contributed by atoms with van der Waals surface area (Å²) in [6, 6.07) is 13.0. The Kier molecular flexibility index (Phi) is 6.06. The fourth-order valence-corrected chi connectivity index (χ4v) is 2.46. The highest BCUT2D eigenvalue weighted by atomic mass is 19.1. The zero-order chi connectivity index (χ0) is 19.9. The lowest BCUT2D eigenvalue weighted by molar-refractivity contribution is 0.0950. The van der Waals surface area contributed by atoms with Gasteiger partial charge in [-0.05, 0) is 41.5 Å². The molecular formula is C21H17F2N3O2. The molecule has 7 heteroatoms. The van der Waals surface area contributed by atoms with Crippen LogP contribution >= 0.6 is 0 Å². The highest BCUT2D eigenvalue weighted by molar-refractivity contribution is 5.99. The molecule has 0 aliphatic carbocycles. The molecule has 28 heavy (non-hydrogen) atoms. The van der Waals surface area contributed by atoms with E-state index in [1.165, 1.54) is 42.7 Å². The minimum absolute atomic E-state index is 0.222. The van der Waals surface area contributed by atoms with Crippen molar-refractivity contribution in [1.29, 1.82) is 0 Å². The standard InChI is InChI=1S/C21H17F2N3O2/c22-18-5-1-14(2-6-18)10-25-20(27)16-9-17(13-24-12-16)21(28)26-11-15-3-7-19(23)8-4-15/h1-9,12-13H,10-11H2,(H,25,27)(H,26,28). The van der Waals surface area contributed by atoms with Crippen LogP contribution in [0.4, 0.5) is 8.78 Å². The fourth-order valence-electron chi connectivity index (χ4n) is 2.46. The molecule has 0 aliphatic rings. The molecule has 0 saturated heterocycles. The lowest BCUT2D eigenvalue weighted by atomic mass is 10.1. The number of carbonyl (C=O) groups excluding carboxylic acids is 2. The van der Waals surface area contributed by atoms with E-state index in [9.17, 15) is 18.4 Å². The Morgan fingerprint density at radius 1 is 0.714 bits per heavy atom. The summed E-state index contributed by atoms with van der Waals surface area (Å²) >= 11 is 0. The molecule has 0 unspecified atom stereocenters. The van der Waals surface area contributed by atoms with Gasteiger partial charge in [-0.3, -0.25) is 14.6 Å². The van der Waals surface area contributed by atoms with Crippen LogP contribution in [0.25, 0.3) is 0 Å². The molecule has 0 radical (unpaired) electrons. The van der Waals surface area contributed by atoms with Gasteiger partial charge in [0.2, 0.25) is 0 Å². The van der Waals surface area contributed by atoms with Gasteiger partial charge in [-0.2, -0.15) is 0 Å². The monoisotopic (exact) mass is 381 g/mol. The minimum atomic E-state index is -0.398. The van der Waals surface area contributed by atoms with Gasteiger partial charge in [0.1, 0.15) is 11.6 Å². The van der Waals surface area contributed by atoms with E-state index in [2.05, 4.69) is 15.6 Å². The summed E-state index contributed by atoms with van der Waals surface area (Å²) in [6.45, 7) is 0.445. The first-order valence-electron chi connectivity index (χ1n) is 8.51. The van der Waals surface area contributed by atoms with Gasteiger partial charge in [-0.15, -0.1) is 0 Å². The van der Waals surface area contributed by atoms with Crippen LogP contribution < -0.4 is 10.6 Å². The van der Waals surface area contributed by atoms with Gasteiger partial charge in [0, 0.05) is 25.5 Å². The molecule has 1 heterocycles. The number of rotatable bonds is 6. The Morgan fingerprint density at radius 2 is 1.11 bits per heavy atom. The highest BCUT2D eigenvalue weighted by Crippen LogP contribution is 2.07. The van der Waals surface area contributed by atoms with E-state index in [1.54, 1.807) is 24.3 Å². The van der Waals surface area contributed by atoms with Crippen molar-refractivity contribution in [2.45, 2.75) is 13.1 Å². The minimum Gasteiger partial charge on any atom is -0.348 e. The quantitative estimate of drug-likeness (QED) is 0.689. The van der Waals surface area contributed by atoms with Gasteiger partial charge >= 0.3 is 0 Å². The molecule has 2 amide bonds. The van der Waals surface area contributed by atoms with Crippen molar-refractivity contribution in [2.75, 3.05) is 0 Å². The second-order valence-corrected chi connectivity index (χ2v) is 6.08. The molecule has 3 aromatic rings. The third-order valence-corrected chi connectivity index (χ3v) is 4.00. The maximum Gasteiger partial charge on any atom is 0.253 e. The molecule has 0 fully saturated rings. The zero-order valence-electron chi connectivity index (χ0n) is 14.8. The Balaban J connectivity index is 1.58. The van der Waals surface area contributed by atoms with Crippen molar-refractivity contribution in [2.24, 2.45) is 0 Å². The largest absolute Gasteiger partial charge is 0.348 e. The molecule has 0 bridgehead atoms. The molecule has 142 valence electrons. The summed E-state index contributed by atoms with van der Waals surface area (Å²) in [5, 5.41) is 5.39. The lowest BCUT2D eigenvalue weighted by Gasteiger charge is -2.08. The zero-order valence-corrected chi connectivity index (χ0v) is 14.8. The van der Waals surface area contributed by atoms with E-state index in [0.717, 1.165) is 11.1 Å². The topological polar surface area (TPSA) is 71.1 Å². The highest BCUT2D eigenvalue weighted by Gasteiger charge is 2.11. The van der Waals surface area contributed by atoms with Crippen LogP contribution in [0.1, 0.15) is 31.8 Å². The predicted octanol–water partition coefficient (Wildman–Crippen LogP) is 3.22. The molecule has 5 nitrogen and oxygen atoms in total. The Labute approximate surface area is 160 Å².